The van der Waals surface area contributed by atoms with Gasteiger partial charge < -0.3 is 15.5 Å². The Bertz CT molecular complexity index is 457. The van der Waals surface area contributed by atoms with E-state index in [0.717, 1.165) is 25.1 Å². The average Bonchev–Trinajstić information content (AvgIpc) is 2.90. The topological polar surface area (TPSA) is 81.0 Å². The third kappa shape index (κ3) is 1.47. The smallest absolute Gasteiger partial charge is 0.255 e. The van der Waals surface area contributed by atoms with E-state index in [4.69, 9.17) is 10.5 Å². The molecule has 3 atom stereocenters. The van der Waals surface area contributed by atoms with Gasteiger partial charge in [0.25, 0.3) is 5.56 Å². The van der Waals surface area contributed by atoms with Gasteiger partial charge in [0.05, 0.1) is 12.2 Å². The number of rotatable bonds is 2. The Morgan fingerprint density at radius 1 is 1.56 bits per heavy atom. The van der Waals surface area contributed by atoms with E-state index in [9.17, 15) is 4.79 Å². The normalized spacial score (nSPS) is 32.2. The second-order valence-electron chi connectivity index (χ2n) is 4.54. The van der Waals surface area contributed by atoms with E-state index in [1.54, 1.807) is 6.20 Å². The van der Waals surface area contributed by atoms with Crippen LogP contribution in [-0.2, 0) is 11.3 Å². The number of nitrogens with one attached hydrogen (secondary N) is 1. The lowest BCUT2D eigenvalue weighted by atomic mass is 9.88. The Balaban J connectivity index is 1.90. The van der Waals surface area contributed by atoms with E-state index in [2.05, 4.69) is 9.97 Å². The summed E-state index contributed by atoms with van der Waals surface area (Å²) in [6, 6.07) is 0. The first kappa shape index (κ1) is 9.99. The number of ether oxygens (including phenoxy) is 1. The maximum atomic E-state index is 11.6. The maximum Gasteiger partial charge on any atom is 0.255 e. The van der Waals surface area contributed by atoms with Crippen LogP contribution in [0.5, 0.6) is 0 Å². The fourth-order valence-corrected chi connectivity index (χ4v) is 2.69. The molecule has 0 radical (unpaired) electrons. The molecule has 2 bridgehead atoms. The molecule has 5 heteroatoms. The highest BCUT2D eigenvalue weighted by Crippen LogP contribution is 2.42. The van der Waals surface area contributed by atoms with Crippen LogP contribution in [0, 0.1) is 0 Å². The molecule has 2 aliphatic rings. The summed E-state index contributed by atoms with van der Waals surface area (Å²) >= 11 is 0. The van der Waals surface area contributed by atoms with Crippen LogP contribution in [0.2, 0.25) is 0 Å². The molecule has 3 unspecified atom stereocenters. The van der Waals surface area contributed by atoms with Crippen molar-refractivity contribution in [3.63, 3.8) is 0 Å². The van der Waals surface area contributed by atoms with Gasteiger partial charge >= 0.3 is 0 Å². The van der Waals surface area contributed by atoms with Crippen molar-refractivity contribution in [2.75, 3.05) is 0 Å². The number of nitrogens with two attached hydrogens (primary N) is 1. The zero-order chi connectivity index (χ0) is 11.1. The summed E-state index contributed by atoms with van der Waals surface area (Å²) in [5.74, 6) is 1.02. The van der Waals surface area contributed by atoms with E-state index in [-0.39, 0.29) is 24.1 Å². The van der Waals surface area contributed by atoms with Gasteiger partial charge in [-0.25, -0.2) is 4.98 Å². The molecule has 3 N–H and O–H groups in total. The maximum absolute atomic E-state index is 11.6. The Morgan fingerprint density at radius 2 is 2.44 bits per heavy atom. The molecule has 0 spiro atoms. The largest absolute Gasteiger partial charge is 0.374 e. The van der Waals surface area contributed by atoms with Gasteiger partial charge in [-0.2, -0.15) is 0 Å². The standard InChI is InChI=1S/C11H15N3O2/c12-4-6-5-13-10(14-11(6)15)8-3-7-1-2-9(8)16-7/h5,7-9H,1-4,12H2,(H,13,14,15). The van der Waals surface area contributed by atoms with Crippen LogP contribution in [0.4, 0.5) is 0 Å². The predicted molar refractivity (Wildman–Crippen MR) is 58.0 cm³/mol. The van der Waals surface area contributed by atoms with Gasteiger partial charge in [-0.05, 0) is 19.3 Å². The van der Waals surface area contributed by atoms with Crippen molar-refractivity contribution in [1.82, 2.24) is 9.97 Å². The van der Waals surface area contributed by atoms with Crippen molar-refractivity contribution in [2.45, 2.75) is 43.9 Å². The molecule has 1 aromatic heterocycles. The molecule has 3 rings (SSSR count). The van der Waals surface area contributed by atoms with E-state index < -0.39 is 0 Å². The Labute approximate surface area is 93.0 Å². The van der Waals surface area contributed by atoms with Crippen molar-refractivity contribution in [3.05, 3.63) is 27.9 Å². The number of H-pyrrole nitrogens is 1. The van der Waals surface area contributed by atoms with Crippen LogP contribution in [0.15, 0.2) is 11.0 Å². The first-order chi connectivity index (χ1) is 7.78. The lowest BCUT2D eigenvalue weighted by molar-refractivity contribution is 0.0998. The monoisotopic (exact) mass is 221 g/mol. The highest BCUT2D eigenvalue weighted by Gasteiger charge is 2.42. The summed E-state index contributed by atoms with van der Waals surface area (Å²) < 4.78 is 5.75. The highest BCUT2D eigenvalue weighted by molar-refractivity contribution is 5.11. The van der Waals surface area contributed by atoms with Gasteiger partial charge in [0, 0.05) is 24.2 Å². The minimum absolute atomic E-state index is 0.115. The highest BCUT2D eigenvalue weighted by atomic mass is 16.5. The molecule has 3 heterocycles. The fraction of sp³-hybridized carbons (Fsp3) is 0.636. The van der Waals surface area contributed by atoms with Gasteiger partial charge in [-0.15, -0.1) is 0 Å². The first-order valence-corrected chi connectivity index (χ1v) is 5.71. The average molecular weight is 221 g/mol. The molecule has 16 heavy (non-hydrogen) atoms. The van der Waals surface area contributed by atoms with Gasteiger partial charge in [0.2, 0.25) is 0 Å². The molecular weight excluding hydrogens is 206 g/mol. The summed E-state index contributed by atoms with van der Waals surface area (Å²) in [5.41, 5.74) is 5.85. The second kappa shape index (κ2) is 3.68. The van der Waals surface area contributed by atoms with Crippen LogP contribution < -0.4 is 11.3 Å². The summed E-state index contributed by atoms with van der Waals surface area (Å²) in [5, 5.41) is 0. The van der Waals surface area contributed by atoms with Crippen molar-refractivity contribution in [2.24, 2.45) is 5.73 Å². The summed E-state index contributed by atoms with van der Waals surface area (Å²) in [6.07, 6.45) is 5.41. The zero-order valence-corrected chi connectivity index (χ0v) is 8.98. The van der Waals surface area contributed by atoms with Crippen molar-refractivity contribution in [1.29, 1.82) is 0 Å². The zero-order valence-electron chi connectivity index (χ0n) is 8.98. The minimum atomic E-state index is -0.115. The SMILES string of the molecule is NCc1cnc(C2CC3CCC2O3)[nH]c1=O. The van der Waals surface area contributed by atoms with E-state index >= 15 is 0 Å². The van der Waals surface area contributed by atoms with Crippen LogP contribution in [0.3, 0.4) is 0 Å². The number of aromatic amines is 1. The second-order valence-corrected chi connectivity index (χ2v) is 4.54. The van der Waals surface area contributed by atoms with E-state index in [0.29, 0.717) is 11.7 Å². The Hall–Kier alpha value is -1.20. The van der Waals surface area contributed by atoms with Gasteiger partial charge in [0.1, 0.15) is 5.82 Å². The van der Waals surface area contributed by atoms with E-state index in [1.165, 1.54) is 0 Å². The number of nitrogens with zero attached hydrogens (tertiary/aromatic N) is 1. The summed E-state index contributed by atoms with van der Waals surface area (Å²) in [4.78, 5) is 18.7. The molecule has 0 saturated carbocycles. The first-order valence-electron chi connectivity index (χ1n) is 5.71. The third-order valence-electron chi connectivity index (χ3n) is 3.57. The number of hydrogen-bond acceptors (Lipinski definition) is 4. The summed E-state index contributed by atoms with van der Waals surface area (Å²) in [6.45, 7) is 0.232. The van der Waals surface area contributed by atoms with Gasteiger partial charge in [-0.1, -0.05) is 0 Å². The molecule has 5 nitrogen and oxygen atoms in total. The molecule has 1 aromatic rings. The van der Waals surface area contributed by atoms with Crippen LogP contribution >= 0.6 is 0 Å². The fourth-order valence-electron chi connectivity index (χ4n) is 2.69. The molecule has 2 saturated heterocycles. The van der Waals surface area contributed by atoms with Crippen molar-refractivity contribution < 1.29 is 4.74 Å². The van der Waals surface area contributed by atoms with Crippen molar-refractivity contribution in [3.8, 4) is 0 Å². The quantitative estimate of drug-likeness (QED) is 0.750. The number of aromatic nitrogens is 2. The van der Waals surface area contributed by atoms with Gasteiger partial charge in [-0.3, -0.25) is 4.79 Å². The minimum Gasteiger partial charge on any atom is -0.374 e. The van der Waals surface area contributed by atoms with Crippen LogP contribution in [0.25, 0.3) is 0 Å². The van der Waals surface area contributed by atoms with Crippen LogP contribution in [-0.4, -0.2) is 22.2 Å². The third-order valence-corrected chi connectivity index (χ3v) is 3.57. The van der Waals surface area contributed by atoms with Crippen LogP contribution in [0.1, 0.15) is 36.6 Å². The molecule has 2 aliphatic heterocycles. The predicted octanol–water partition coefficient (Wildman–Crippen LogP) is 0.263. The number of fused-ring (bicyclic) bond motifs is 2. The molecule has 0 amide bonds. The molecule has 0 aromatic carbocycles. The lowest BCUT2D eigenvalue weighted by Crippen LogP contribution is -2.24. The Kier molecular flexibility index (Phi) is 2.29. The van der Waals surface area contributed by atoms with E-state index in [1.807, 2.05) is 0 Å². The molecule has 86 valence electrons. The molecular formula is C11H15N3O2. The molecule has 2 fully saturated rings. The lowest BCUT2D eigenvalue weighted by Gasteiger charge is -2.17. The Morgan fingerprint density at radius 3 is 3.00 bits per heavy atom. The van der Waals surface area contributed by atoms with Gasteiger partial charge in [0.15, 0.2) is 0 Å². The van der Waals surface area contributed by atoms with Crippen molar-refractivity contribution >= 4 is 0 Å². The molecule has 0 aliphatic carbocycles. The summed E-state index contributed by atoms with van der Waals surface area (Å²) in [7, 11) is 0. The number of hydrogen-bond donors (Lipinski definition) is 2.